The maximum atomic E-state index is 13.0. The van der Waals surface area contributed by atoms with Crippen LogP contribution in [-0.2, 0) is 6.54 Å². The lowest BCUT2D eigenvalue weighted by molar-refractivity contribution is 0.627. The number of nitrogens with zero attached hydrogens (tertiary/aromatic N) is 1. The van der Waals surface area contributed by atoms with E-state index >= 15 is 0 Å². The molecular weight excluding hydrogens is 275 g/mol. The molecule has 0 atom stereocenters. The van der Waals surface area contributed by atoms with Gasteiger partial charge in [-0.2, -0.15) is 0 Å². The molecule has 0 aliphatic rings. The van der Waals surface area contributed by atoms with Crippen LogP contribution in [0.4, 0.5) is 10.1 Å². The van der Waals surface area contributed by atoms with Gasteiger partial charge in [0.2, 0.25) is 0 Å². The van der Waals surface area contributed by atoms with Gasteiger partial charge in [0.15, 0.2) is 0 Å². The van der Waals surface area contributed by atoms with E-state index in [2.05, 4.69) is 10.3 Å². The minimum absolute atomic E-state index is 0.324. The highest BCUT2D eigenvalue weighted by molar-refractivity contribution is 6.31. The molecule has 0 spiro atoms. The number of benzene rings is 2. The van der Waals surface area contributed by atoms with Gasteiger partial charge in [-0.25, -0.2) is 4.39 Å². The number of pyridine rings is 1. The Morgan fingerprint density at radius 1 is 1.10 bits per heavy atom. The number of hydrogen-bond acceptors (Lipinski definition) is 2. The van der Waals surface area contributed by atoms with E-state index in [0.717, 1.165) is 22.2 Å². The van der Waals surface area contributed by atoms with Crippen molar-refractivity contribution in [1.82, 2.24) is 4.98 Å². The number of aromatic nitrogens is 1. The quantitative estimate of drug-likeness (QED) is 0.759. The van der Waals surface area contributed by atoms with E-state index in [1.54, 1.807) is 12.3 Å². The molecule has 3 rings (SSSR count). The first kappa shape index (κ1) is 12.9. The van der Waals surface area contributed by atoms with Crippen molar-refractivity contribution in [3.05, 3.63) is 71.1 Å². The summed E-state index contributed by atoms with van der Waals surface area (Å²) in [6, 6.07) is 14.3. The van der Waals surface area contributed by atoms with E-state index in [1.165, 1.54) is 12.1 Å². The summed E-state index contributed by atoms with van der Waals surface area (Å²) in [7, 11) is 0. The zero-order chi connectivity index (χ0) is 13.9. The second kappa shape index (κ2) is 5.47. The highest BCUT2D eigenvalue weighted by Crippen LogP contribution is 2.21. The number of nitrogens with one attached hydrogen (secondary N) is 1. The molecule has 3 aromatic rings. The number of anilines is 1. The van der Waals surface area contributed by atoms with Gasteiger partial charge in [-0.1, -0.05) is 23.7 Å². The summed E-state index contributed by atoms with van der Waals surface area (Å²) in [4.78, 5) is 4.27. The van der Waals surface area contributed by atoms with Gasteiger partial charge in [-0.3, -0.25) is 4.98 Å². The lowest BCUT2D eigenvalue weighted by Crippen LogP contribution is -2.00. The van der Waals surface area contributed by atoms with Crippen LogP contribution in [0.5, 0.6) is 0 Å². The highest BCUT2D eigenvalue weighted by Gasteiger charge is 2.02. The van der Waals surface area contributed by atoms with Crippen LogP contribution >= 0.6 is 11.6 Å². The first-order chi connectivity index (χ1) is 9.72. The van der Waals surface area contributed by atoms with Crippen molar-refractivity contribution in [3.8, 4) is 0 Å². The number of fused-ring (bicyclic) bond motifs is 1. The van der Waals surface area contributed by atoms with Crippen LogP contribution in [0.25, 0.3) is 10.9 Å². The second-order valence-corrected chi connectivity index (χ2v) is 4.91. The fourth-order valence-corrected chi connectivity index (χ4v) is 2.28. The number of hydrogen-bond donors (Lipinski definition) is 1. The van der Waals surface area contributed by atoms with Crippen LogP contribution in [0.3, 0.4) is 0 Å². The molecular formula is C16H12ClFN2. The van der Waals surface area contributed by atoms with Gasteiger partial charge in [0.05, 0.1) is 5.52 Å². The minimum atomic E-state index is -0.324. The monoisotopic (exact) mass is 286 g/mol. The van der Waals surface area contributed by atoms with E-state index in [4.69, 9.17) is 11.6 Å². The van der Waals surface area contributed by atoms with Gasteiger partial charge < -0.3 is 5.32 Å². The highest BCUT2D eigenvalue weighted by atomic mass is 35.5. The molecule has 1 aromatic heterocycles. The van der Waals surface area contributed by atoms with Gasteiger partial charge in [0.25, 0.3) is 0 Å². The summed E-state index contributed by atoms with van der Waals surface area (Å²) in [6.45, 7) is 0.547. The largest absolute Gasteiger partial charge is 0.381 e. The Kier molecular flexibility index (Phi) is 3.52. The van der Waals surface area contributed by atoms with E-state index in [1.807, 2.05) is 30.3 Å². The summed E-state index contributed by atoms with van der Waals surface area (Å²) < 4.78 is 13.0. The molecule has 4 heteroatoms. The molecule has 0 saturated heterocycles. The van der Waals surface area contributed by atoms with Crippen LogP contribution < -0.4 is 5.32 Å². The maximum Gasteiger partial charge on any atom is 0.124 e. The van der Waals surface area contributed by atoms with Crippen LogP contribution in [0.2, 0.25) is 5.02 Å². The van der Waals surface area contributed by atoms with Gasteiger partial charge in [0, 0.05) is 28.8 Å². The molecule has 0 aliphatic carbocycles. The topological polar surface area (TPSA) is 24.9 Å². The molecule has 2 aromatic carbocycles. The third-order valence-corrected chi connectivity index (χ3v) is 3.45. The smallest absolute Gasteiger partial charge is 0.124 e. The molecule has 20 heavy (non-hydrogen) atoms. The third kappa shape index (κ3) is 2.73. The molecule has 0 bridgehead atoms. The first-order valence-electron chi connectivity index (χ1n) is 6.25. The van der Waals surface area contributed by atoms with Crippen LogP contribution in [0, 0.1) is 5.82 Å². The molecule has 0 aliphatic heterocycles. The predicted octanol–water partition coefficient (Wildman–Crippen LogP) is 4.64. The Labute approximate surface area is 121 Å². The molecule has 0 radical (unpaired) electrons. The maximum absolute atomic E-state index is 13.0. The van der Waals surface area contributed by atoms with Crippen molar-refractivity contribution in [2.75, 3.05) is 5.32 Å². The third-order valence-electron chi connectivity index (χ3n) is 3.10. The Balaban J connectivity index is 1.79. The number of rotatable bonds is 3. The van der Waals surface area contributed by atoms with Crippen LogP contribution in [0.1, 0.15) is 5.56 Å². The standard InChI is InChI=1S/C16H12ClFN2/c17-15-9-13(18)4-3-12(15)10-20-14-5-6-16-11(8-14)2-1-7-19-16/h1-9,20H,10H2. The van der Waals surface area contributed by atoms with Gasteiger partial charge in [0.1, 0.15) is 5.82 Å². The molecule has 1 heterocycles. The zero-order valence-corrected chi connectivity index (χ0v) is 11.4. The first-order valence-corrected chi connectivity index (χ1v) is 6.63. The van der Waals surface area contributed by atoms with Gasteiger partial charge in [-0.05, 0) is 42.0 Å². The van der Waals surface area contributed by atoms with Gasteiger partial charge in [-0.15, -0.1) is 0 Å². The van der Waals surface area contributed by atoms with Crippen molar-refractivity contribution in [2.45, 2.75) is 6.54 Å². The summed E-state index contributed by atoms with van der Waals surface area (Å²) in [5, 5.41) is 4.78. The molecule has 0 amide bonds. The lowest BCUT2D eigenvalue weighted by atomic mass is 10.2. The minimum Gasteiger partial charge on any atom is -0.381 e. The van der Waals surface area contributed by atoms with Crippen molar-refractivity contribution in [3.63, 3.8) is 0 Å². The van der Waals surface area contributed by atoms with Crippen molar-refractivity contribution in [1.29, 1.82) is 0 Å². The summed E-state index contributed by atoms with van der Waals surface area (Å²) in [5.41, 5.74) is 2.79. The predicted molar refractivity (Wildman–Crippen MR) is 80.5 cm³/mol. The molecule has 100 valence electrons. The molecule has 1 N–H and O–H groups in total. The summed E-state index contributed by atoms with van der Waals surface area (Å²) >= 11 is 6.00. The van der Waals surface area contributed by atoms with Crippen molar-refractivity contribution < 1.29 is 4.39 Å². The molecule has 0 saturated carbocycles. The Hall–Kier alpha value is -2.13. The average molecular weight is 287 g/mol. The van der Waals surface area contributed by atoms with E-state index in [9.17, 15) is 4.39 Å². The Morgan fingerprint density at radius 3 is 2.85 bits per heavy atom. The van der Waals surface area contributed by atoms with E-state index in [0.29, 0.717) is 11.6 Å². The SMILES string of the molecule is Fc1ccc(CNc2ccc3ncccc3c2)c(Cl)c1. The number of halogens is 2. The molecule has 0 unspecified atom stereocenters. The summed E-state index contributed by atoms with van der Waals surface area (Å²) in [5.74, 6) is -0.324. The van der Waals surface area contributed by atoms with E-state index in [-0.39, 0.29) is 5.82 Å². The molecule has 0 fully saturated rings. The fraction of sp³-hybridized carbons (Fsp3) is 0.0625. The Morgan fingerprint density at radius 2 is 2.00 bits per heavy atom. The van der Waals surface area contributed by atoms with Gasteiger partial charge >= 0.3 is 0 Å². The second-order valence-electron chi connectivity index (χ2n) is 4.50. The van der Waals surface area contributed by atoms with Crippen molar-refractivity contribution in [2.24, 2.45) is 0 Å². The lowest BCUT2D eigenvalue weighted by Gasteiger charge is -2.09. The fourth-order valence-electron chi connectivity index (χ4n) is 2.05. The van der Waals surface area contributed by atoms with Crippen LogP contribution in [0.15, 0.2) is 54.7 Å². The Bertz CT molecular complexity index is 758. The van der Waals surface area contributed by atoms with Crippen molar-refractivity contribution >= 4 is 28.2 Å². The van der Waals surface area contributed by atoms with E-state index < -0.39 is 0 Å². The zero-order valence-electron chi connectivity index (χ0n) is 10.6. The normalized spacial score (nSPS) is 10.7. The average Bonchev–Trinajstić information content (AvgIpc) is 2.46. The van der Waals surface area contributed by atoms with Crippen LogP contribution in [-0.4, -0.2) is 4.98 Å². The molecule has 2 nitrogen and oxygen atoms in total. The summed E-state index contributed by atoms with van der Waals surface area (Å²) in [6.07, 6.45) is 1.77.